The summed E-state index contributed by atoms with van der Waals surface area (Å²) in [6.07, 6.45) is -4.82. The lowest BCUT2D eigenvalue weighted by Crippen LogP contribution is -2.52. The molecule has 3 atom stereocenters. The number of fused-ring (bicyclic) bond motifs is 1. The van der Waals surface area contributed by atoms with Crippen molar-refractivity contribution in [1.82, 2.24) is 0 Å². The Morgan fingerprint density at radius 1 is 0.909 bits per heavy atom. The van der Waals surface area contributed by atoms with Gasteiger partial charge in [-0.1, -0.05) is 91.9 Å². The molecule has 0 bridgehead atoms. The molecule has 33 heavy (non-hydrogen) atoms. The van der Waals surface area contributed by atoms with E-state index in [4.69, 9.17) is 9.47 Å². The Balaban J connectivity index is 1.73. The second-order valence-corrected chi connectivity index (χ2v) is 8.47. The van der Waals surface area contributed by atoms with Crippen LogP contribution < -0.4 is 0 Å². The molecular weight excluding hydrogens is 429 g/mol. The molecule has 3 aromatic carbocycles. The first kappa shape index (κ1) is 23.1. The van der Waals surface area contributed by atoms with E-state index in [0.29, 0.717) is 18.4 Å². The smallest absolute Gasteiger partial charge is 0.432 e. The Hall–Kier alpha value is -3.12. The highest BCUT2D eigenvalue weighted by Crippen LogP contribution is 2.49. The zero-order valence-electron chi connectivity index (χ0n) is 18.4. The minimum atomic E-state index is -5.01. The van der Waals surface area contributed by atoms with E-state index < -0.39 is 23.9 Å². The van der Waals surface area contributed by atoms with Crippen molar-refractivity contribution in [2.24, 2.45) is 0 Å². The summed E-state index contributed by atoms with van der Waals surface area (Å²) in [5, 5.41) is 0. The summed E-state index contributed by atoms with van der Waals surface area (Å²) in [5.41, 5.74) is -1.11. The van der Waals surface area contributed by atoms with Gasteiger partial charge in [0.25, 0.3) is 5.60 Å². The molecule has 6 heteroatoms. The zero-order valence-corrected chi connectivity index (χ0v) is 18.4. The monoisotopic (exact) mass is 454 g/mol. The van der Waals surface area contributed by atoms with Gasteiger partial charge in [0.2, 0.25) is 0 Å². The number of hydrogen-bond acceptors (Lipinski definition) is 3. The molecule has 0 unspecified atom stereocenters. The average molecular weight is 454 g/mol. The summed E-state index contributed by atoms with van der Waals surface area (Å²) < 4.78 is 53.3. The molecule has 3 nitrogen and oxygen atoms in total. The first-order valence-corrected chi connectivity index (χ1v) is 10.8. The van der Waals surface area contributed by atoms with Crippen LogP contribution in [0.2, 0.25) is 0 Å². The molecule has 3 aromatic rings. The number of hydrogen-bond donors (Lipinski definition) is 0. The van der Waals surface area contributed by atoms with Crippen LogP contribution in [0.4, 0.5) is 13.2 Å². The topological polar surface area (TPSA) is 35.5 Å². The van der Waals surface area contributed by atoms with Crippen LogP contribution >= 0.6 is 0 Å². The molecule has 0 aliphatic heterocycles. The van der Waals surface area contributed by atoms with Crippen LogP contribution in [-0.2, 0) is 25.3 Å². The van der Waals surface area contributed by atoms with E-state index in [2.05, 4.69) is 6.92 Å². The van der Waals surface area contributed by atoms with Gasteiger partial charge in [0.05, 0.1) is 0 Å². The van der Waals surface area contributed by atoms with Gasteiger partial charge in [0, 0.05) is 18.1 Å². The molecule has 0 N–H and O–H groups in total. The van der Waals surface area contributed by atoms with Gasteiger partial charge in [-0.25, -0.2) is 4.79 Å². The predicted octanol–water partition coefficient (Wildman–Crippen LogP) is 6.47. The lowest BCUT2D eigenvalue weighted by Gasteiger charge is -2.41. The van der Waals surface area contributed by atoms with Crippen molar-refractivity contribution < 1.29 is 27.4 Å². The Morgan fingerprint density at radius 3 is 2.09 bits per heavy atom. The van der Waals surface area contributed by atoms with Gasteiger partial charge >= 0.3 is 12.1 Å². The summed E-state index contributed by atoms with van der Waals surface area (Å²) in [6.45, 7) is 2.11. The van der Waals surface area contributed by atoms with Crippen molar-refractivity contribution in [2.75, 3.05) is 7.11 Å². The van der Waals surface area contributed by atoms with Gasteiger partial charge in [0.15, 0.2) is 0 Å². The molecule has 1 aliphatic carbocycles. The number of methoxy groups -OCH3 is 1. The first-order chi connectivity index (χ1) is 15.7. The highest BCUT2D eigenvalue weighted by atomic mass is 19.4. The van der Waals surface area contributed by atoms with Gasteiger partial charge in [-0.3, -0.25) is 0 Å². The van der Waals surface area contributed by atoms with E-state index >= 15 is 0 Å². The zero-order chi connectivity index (χ0) is 23.7. The second-order valence-electron chi connectivity index (χ2n) is 8.47. The number of esters is 1. The molecule has 0 saturated carbocycles. The first-order valence-electron chi connectivity index (χ1n) is 10.8. The fourth-order valence-electron chi connectivity index (χ4n) is 4.82. The third-order valence-electron chi connectivity index (χ3n) is 6.64. The average Bonchev–Trinajstić information content (AvgIpc) is 2.82. The number of rotatable bonds is 5. The van der Waals surface area contributed by atoms with Crippen LogP contribution in [0, 0.1) is 0 Å². The summed E-state index contributed by atoms with van der Waals surface area (Å²) in [6, 6.07) is 24.3. The maximum Gasteiger partial charge on any atom is 0.432 e. The normalized spacial score (nSPS) is 22.2. The third-order valence-corrected chi connectivity index (χ3v) is 6.64. The molecule has 4 rings (SSSR count). The van der Waals surface area contributed by atoms with Gasteiger partial charge in [-0.15, -0.1) is 0 Å². The fourth-order valence-corrected chi connectivity index (χ4v) is 4.82. The second kappa shape index (κ2) is 8.67. The maximum atomic E-state index is 14.3. The minimum Gasteiger partial charge on any atom is -0.455 e. The summed E-state index contributed by atoms with van der Waals surface area (Å²) >= 11 is 0. The number of carbonyl (C=O) groups is 1. The molecule has 0 aromatic heterocycles. The molecule has 1 aliphatic rings. The Morgan fingerprint density at radius 2 is 1.48 bits per heavy atom. The van der Waals surface area contributed by atoms with Crippen molar-refractivity contribution in [3.05, 3.63) is 107 Å². The van der Waals surface area contributed by atoms with E-state index in [9.17, 15) is 18.0 Å². The van der Waals surface area contributed by atoms with Crippen LogP contribution in [0.1, 0.15) is 48.1 Å². The van der Waals surface area contributed by atoms with Crippen LogP contribution in [0.15, 0.2) is 84.9 Å². The third kappa shape index (κ3) is 3.82. The number of carbonyl (C=O) groups excluding carboxylic acids is 1. The van der Waals surface area contributed by atoms with Crippen molar-refractivity contribution in [1.29, 1.82) is 0 Å². The van der Waals surface area contributed by atoms with Gasteiger partial charge in [-0.05, 0) is 29.5 Å². The van der Waals surface area contributed by atoms with E-state index in [0.717, 1.165) is 18.2 Å². The quantitative estimate of drug-likeness (QED) is 0.414. The predicted molar refractivity (Wildman–Crippen MR) is 119 cm³/mol. The lowest BCUT2D eigenvalue weighted by molar-refractivity contribution is -0.278. The van der Waals surface area contributed by atoms with Crippen LogP contribution in [0.25, 0.3) is 0 Å². The lowest BCUT2D eigenvalue weighted by atomic mass is 9.66. The SMILES string of the molecule is CO[C@@](C(=O)O[C@@H]1CC[C@](C)(c2ccccc2)c2ccccc21)(c1ccccc1)C(F)(F)F. The van der Waals surface area contributed by atoms with Gasteiger partial charge in [0.1, 0.15) is 6.10 Å². The van der Waals surface area contributed by atoms with E-state index in [1.165, 1.54) is 24.3 Å². The van der Waals surface area contributed by atoms with E-state index in [1.807, 2.05) is 48.5 Å². The summed E-state index contributed by atoms with van der Waals surface area (Å²) in [5.74, 6) is -1.47. The minimum absolute atomic E-state index is 0.316. The molecular formula is C27H25F3O3. The van der Waals surface area contributed by atoms with Gasteiger partial charge < -0.3 is 9.47 Å². The summed E-state index contributed by atoms with van der Waals surface area (Å²) in [4.78, 5) is 13.2. The largest absolute Gasteiger partial charge is 0.455 e. The molecule has 0 spiro atoms. The number of benzene rings is 3. The Bertz CT molecular complexity index is 1110. The maximum absolute atomic E-state index is 14.3. The van der Waals surface area contributed by atoms with Crippen molar-refractivity contribution in [3.63, 3.8) is 0 Å². The van der Waals surface area contributed by atoms with E-state index in [-0.39, 0.29) is 11.0 Å². The van der Waals surface area contributed by atoms with Crippen molar-refractivity contribution >= 4 is 5.97 Å². The Labute approximate surface area is 191 Å². The summed E-state index contributed by atoms with van der Waals surface area (Å²) in [7, 11) is 0.878. The highest BCUT2D eigenvalue weighted by Gasteiger charge is 2.64. The van der Waals surface area contributed by atoms with Crippen LogP contribution in [0.5, 0.6) is 0 Å². The van der Waals surface area contributed by atoms with Crippen LogP contribution in [-0.4, -0.2) is 19.3 Å². The molecule has 172 valence electrons. The van der Waals surface area contributed by atoms with Crippen molar-refractivity contribution in [2.45, 2.75) is 43.1 Å². The van der Waals surface area contributed by atoms with E-state index in [1.54, 1.807) is 12.1 Å². The van der Waals surface area contributed by atoms with Gasteiger partial charge in [-0.2, -0.15) is 13.2 Å². The molecule has 0 radical (unpaired) electrons. The number of ether oxygens (including phenoxy) is 2. The molecule has 0 fully saturated rings. The fraction of sp³-hybridized carbons (Fsp3) is 0.296. The molecule has 0 amide bonds. The molecule has 0 saturated heterocycles. The number of alkyl halides is 3. The highest BCUT2D eigenvalue weighted by molar-refractivity contribution is 5.83. The van der Waals surface area contributed by atoms with Crippen molar-refractivity contribution in [3.8, 4) is 0 Å². The standard InChI is InChI=1S/C27H25F3O3/c1-25(19-11-5-3-6-12-19)18-17-23(21-15-9-10-16-22(21)25)33-24(31)26(32-2,27(28,29)30)20-13-7-4-8-14-20/h3-16,23H,17-18H2,1-2H3/t23-,25-,26-/m1/s1. The number of halogens is 3. The molecule has 0 heterocycles. The van der Waals surface area contributed by atoms with Crippen LogP contribution in [0.3, 0.4) is 0 Å². The Kier molecular flexibility index (Phi) is 6.06.